The number of aryl methyl sites for hydroxylation is 2. The molecule has 0 atom stereocenters. The van der Waals surface area contributed by atoms with E-state index in [0.717, 1.165) is 11.9 Å². The minimum absolute atomic E-state index is 0.421. The van der Waals surface area contributed by atoms with Crippen molar-refractivity contribution in [1.82, 2.24) is 24.9 Å². The van der Waals surface area contributed by atoms with Crippen molar-refractivity contribution in [3.05, 3.63) is 54.3 Å². The highest BCUT2D eigenvalue weighted by Crippen LogP contribution is 2.26. The summed E-state index contributed by atoms with van der Waals surface area (Å²) in [5.41, 5.74) is 2.03. The van der Waals surface area contributed by atoms with E-state index < -0.39 is 5.82 Å². The van der Waals surface area contributed by atoms with Gasteiger partial charge in [0, 0.05) is 11.8 Å². The average Bonchev–Trinajstić information content (AvgIpc) is 2.47. The van der Waals surface area contributed by atoms with Gasteiger partial charge in [-0.25, -0.2) is 24.3 Å². The van der Waals surface area contributed by atoms with E-state index in [4.69, 9.17) is 0 Å². The zero-order valence-corrected chi connectivity index (χ0v) is 12.1. The second-order valence-electron chi connectivity index (χ2n) is 4.72. The largest absolute Gasteiger partial charge is 0.338 e. The molecular weight excluding hydrogens is 283 g/mol. The Morgan fingerprint density at radius 3 is 2.68 bits per heavy atom. The van der Waals surface area contributed by atoms with Crippen LogP contribution in [0.5, 0.6) is 0 Å². The second-order valence-corrected chi connectivity index (χ2v) is 4.72. The lowest BCUT2D eigenvalue weighted by Gasteiger charge is -2.11. The molecule has 0 aliphatic rings. The number of nitrogens with zero attached hydrogens (tertiary/aromatic N) is 5. The first kappa shape index (κ1) is 14.0. The maximum atomic E-state index is 13.3. The number of aromatic nitrogens is 5. The molecule has 0 aromatic carbocycles. The van der Waals surface area contributed by atoms with Crippen LogP contribution in [0.2, 0.25) is 0 Å². The molecule has 0 aliphatic carbocycles. The quantitative estimate of drug-likeness (QED) is 0.801. The van der Waals surface area contributed by atoms with Crippen LogP contribution in [0, 0.1) is 19.7 Å². The van der Waals surface area contributed by atoms with E-state index >= 15 is 0 Å². The van der Waals surface area contributed by atoms with Crippen molar-refractivity contribution in [2.75, 3.05) is 5.32 Å². The van der Waals surface area contributed by atoms with Gasteiger partial charge in [0.2, 0.25) is 0 Å². The van der Waals surface area contributed by atoms with Gasteiger partial charge < -0.3 is 5.32 Å². The van der Waals surface area contributed by atoms with Gasteiger partial charge in [-0.05, 0) is 26.0 Å². The molecule has 0 aliphatic heterocycles. The van der Waals surface area contributed by atoms with Crippen LogP contribution in [-0.2, 0) is 0 Å². The maximum Gasteiger partial charge on any atom is 0.166 e. The number of anilines is 2. The van der Waals surface area contributed by atoms with E-state index in [-0.39, 0.29) is 0 Å². The molecule has 3 heterocycles. The SMILES string of the molecule is Cc1ccc(-c2ncnc(C)n2)c(Nc2cncc(F)c2)n1. The summed E-state index contributed by atoms with van der Waals surface area (Å²) >= 11 is 0. The van der Waals surface area contributed by atoms with Crippen molar-refractivity contribution in [1.29, 1.82) is 0 Å². The number of halogens is 1. The smallest absolute Gasteiger partial charge is 0.166 e. The molecule has 3 aromatic heterocycles. The molecule has 0 fully saturated rings. The first-order valence-corrected chi connectivity index (χ1v) is 6.63. The maximum absolute atomic E-state index is 13.3. The predicted molar refractivity (Wildman–Crippen MR) is 80.0 cm³/mol. The van der Waals surface area contributed by atoms with Gasteiger partial charge in [-0.2, -0.15) is 0 Å². The lowest BCUT2D eigenvalue weighted by molar-refractivity contribution is 0.622. The summed E-state index contributed by atoms with van der Waals surface area (Å²) in [5.74, 6) is 1.24. The van der Waals surface area contributed by atoms with Gasteiger partial charge in [-0.1, -0.05) is 0 Å². The Hall–Kier alpha value is -2.96. The van der Waals surface area contributed by atoms with E-state index in [1.807, 2.05) is 19.1 Å². The van der Waals surface area contributed by atoms with Gasteiger partial charge in [0.15, 0.2) is 5.82 Å². The normalized spacial score (nSPS) is 10.5. The highest BCUT2D eigenvalue weighted by molar-refractivity contribution is 5.74. The van der Waals surface area contributed by atoms with Crippen LogP contribution < -0.4 is 5.32 Å². The minimum atomic E-state index is -0.421. The Morgan fingerprint density at radius 2 is 1.91 bits per heavy atom. The summed E-state index contributed by atoms with van der Waals surface area (Å²) in [5, 5.41) is 3.06. The molecule has 22 heavy (non-hydrogen) atoms. The Balaban J connectivity index is 2.05. The van der Waals surface area contributed by atoms with Crippen molar-refractivity contribution >= 4 is 11.5 Å². The second kappa shape index (κ2) is 5.80. The molecule has 3 aromatic rings. The van der Waals surface area contributed by atoms with Gasteiger partial charge >= 0.3 is 0 Å². The Bertz CT molecular complexity index is 821. The average molecular weight is 296 g/mol. The van der Waals surface area contributed by atoms with Crippen molar-refractivity contribution in [3.63, 3.8) is 0 Å². The number of hydrogen-bond acceptors (Lipinski definition) is 6. The lowest BCUT2D eigenvalue weighted by atomic mass is 10.2. The summed E-state index contributed by atoms with van der Waals surface area (Å²) in [6.07, 6.45) is 4.12. The molecular formula is C15H13FN6. The first-order valence-electron chi connectivity index (χ1n) is 6.63. The van der Waals surface area contributed by atoms with Crippen LogP contribution >= 0.6 is 0 Å². The monoisotopic (exact) mass is 296 g/mol. The third-order valence-corrected chi connectivity index (χ3v) is 2.94. The van der Waals surface area contributed by atoms with Crippen LogP contribution in [0.4, 0.5) is 15.9 Å². The molecule has 1 N–H and O–H groups in total. The Labute approximate surface area is 126 Å². The molecule has 0 spiro atoms. The lowest BCUT2D eigenvalue weighted by Crippen LogP contribution is -2.02. The van der Waals surface area contributed by atoms with Gasteiger partial charge in [0.25, 0.3) is 0 Å². The van der Waals surface area contributed by atoms with Crippen molar-refractivity contribution in [3.8, 4) is 11.4 Å². The van der Waals surface area contributed by atoms with Crippen LogP contribution in [0.25, 0.3) is 11.4 Å². The molecule has 0 radical (unpaired) electrons. The molecule has 3 rings (SSSR count). The third kappa shape index (κ3) is 3.03. The minimum Gasteiger partial charge on any atom is -0.338 e. The van der Waals surface area contributed by atoms with Gasteiger partial charge in [0.1, 0.15) is 23.8 Å². The standard InChI is InChI=1S/C15H13FN6/c1-9-3-4-13(14-19-8-18-10(2)21-14)15(20-9)22-12-5-11(16)6-17-7-12/h3-8H,1-2H3,(H,20,22). The van der Waals surface area contributed by atoms with Gasteiger partial charge in [0.05, 0.1) is 23.6 Å². The van der Waals surface area contributed by atoms with Gasteiger partial charge in [-0.15, -0.1) is 0 Å². The fraction of sp³-hybridized carbons (Fsp3) is 0.133. The fourth-order valence-corrected chi connectivity index (χ4v) is 1.96. The van der Waals surface area contributed by atoms with Crippen molar-refractivity contribution in [2.24, 2.45) is 0 Å². The van der Waals surface area contributed by atoms with Crippen LogP contribution in [-0.4, -0.2) is 24.9 Å². The molecule has 0 saturated heterocycles. The Kier molecular flexibility index (Phi) is 3.69. The Morgan fingerprint density at radius 1 is 1.05 bits per heavy atom. The summed E-state index contributed by atoms with van der Waals surface area (Å²) in [6.45, 7) is 3.66. The summed E-state index contributed by atoms with van der Waals surface area (Å²) in [4.78, 5) is 20.7. The molecule has 0 amide bonds. The molecule has 110 valence electrons. The molecule has 0 saturated carbocycles. The predicted octanol–water partition coefficient (Wildman–Crippen LogP) is 2.83. The molecule has 7 heteroatoms. The van der Waals surface area contributed by atoms with Crippen LogP contribution in [0.15, 0.2) is 36.9 Å². The summed E-state index contributed by atoms with van der Waals surface area (Å²) in [7, 11) is 0. The highest BCUT2D eigenvalue weighted by atomic mass is 19.1. The summed E-state index contributed by atoms with van der Waals surface area (Å²) < 4.78 is 13.3. The van der Waals surface area contributed by atoms with E-state index in [1.165, 1.54) is 18.6 Å². The van der Waals surface area contributed by atoms with E-state index in [1.54, 1.807) is 6.92 Å². The number of hydrogen-bond donors (Lipinski definition) is 1. The molecule has 0 bridgehead atoms. The van der Waals surface area contributed by atoms with E-state index in [2.05, 4.69) is 30.2 Å². The molecule has 6 nitrogen and oxygen atoms in total. The van der Waals surface area contributed by atoms with Crippen molar-refractivity contribution < 1.29 is 4.39 Å². The number of rotatable bonds is 3. The zero-order chi connectivity index (χ0) is 15.5. The summed E-state index contributed by atoms with van der Waals surface area (Å²) in [6, 6.07) is 5.08. The first-order chi connectivity index (χ1) is 10.6. The van der Waals surface area contributed by atoms with Gasteiger partial charge in [-0.3, -0.25) is 4.98 Å². The highest BCUT2D eigenvalue weighted by Gasteiger charge is 2.11. The van der Waals surface area contributed by atoms with Crippen molar-refractivity contribution in [2.45, 2.75) is 13.8 Å². The zero-order valence-electron chi connectivity index (χ0n) is 12.1. The number of pyridine rings is 2. The van der Waals surface area contributed by atoms with Crippen LogP contribution in [0.1, 0.15) is 11.5 Å². The van der Waals surface area contributed by atoms with Crippen LogP contribution in [0.3, 0.4) is 0 Å². The number of nitrogens with one attached hydrogen (secondary N) is 1. The van der Waals surface area contributed by atoms with E-state index in [9.17, 15) is 4.39 Å². The topological polar surface area (TPSA) is 76.5 Å². The molecule has 0 unspecified atom stereocenters. The van der Waals surface area contributed by atoms with E-state index in [0.29, 0.717) is 28.7 Å². The fourth-order valence-electron chi connectivity index (χ4n) is 1.96. The third-order valence-electron chi connectivity index (χ3n) is 2.94.